The first kappa shape index (κ1) is 9.56. The van der Waals surface area contributed by atoms with Gasteiger partial charge in [-0.1, -0.05) is 11.6 Å². The molecule has 0 unspecified atom stereocenters. The van der Waals surface area contributed by atoms with Crippen molar-refractivity contribution in [2.24, 2.45) is 0 Å². The van der Waals surface area contributed by atoms with Gasteiger partial charge in [-0.05, 0) is 24.6 Å². The summed E-state index contributed by atoms with van der Waals surface area (Å²) in [7, 11) is 0. The van der Waals surface area contributed by atoms with Gasteiger partial charge < -0.3 is 5.11 Å². The van der Waals surface area contributed by atoms with Crippen LogP contribution in [0.1, 0.15) is 21.5 Å². The zero-order valence-corrected chi connectivity index (χ0v) is 7.59. The van der Waals surface area contributed by atoms with Crippen LogP contribution in [-0.4, -0.2) is 11.1 Å². The van der Waals surface area contributed by atoms with Crippen molar-refractivity contribution >= 4 is 17.6 Å². The Morgan fingerprint density at radius 2 is 2.23 bits per heavy atom. The molecule has 1 N–H and O–H groups in total. The van der Waals surface area contributed by atoms with Crippen LogP contribution in [0, 0.1) is 18.3 Å². The number of carboxylic acids is 1. The molecule has 0 radical (unpaired) electrons. The average molecular weight is 196 g/mol. The predicted octanol–water partition coefficient (Wildman–Crippen LogP) is 2.22. The Morgan fingerprint density at radius 1 is 1.62 bits per heavy atom. The number of hydrogen-bond acceptors (Lipinski definition) is 2. The number of nitriles is 1. The lowest BCUT2D eigenvalue weighted by Gasteiger charge is -2.04. The molecule has 0 spiro atoms. The quantitative estimate of drug-likeness (QED) is 0.748. The highest BCUT2D eigenvalue weighted by Gasteiger charge is 2.14. The molecule has 0 aromatic heterocycles. The molecule has 3 nitrogen and oxygen atoms in total. The van der Waals surface area contributed by atoms with Gasteiger partial charge in [0.15, 0.2) is 0 Å². The number of aromatic carboxylic acids is 1. The van der Waals surface area contributed by atoms with E-state index in [4.69, 9.17) is 22.0 Å². The van der Waals surface area contributed by atoms with Crippen molar-refractivity contribution in [3.8, 4) is 6.07 Å². The third-order valence-corrected chi connectivity index (χ3v) is 2.14. The molecule has 0 saturated heterocycles. The van der Waals surface area contributed by atoms with Gasteiger partial charge in [0.25, 0.3) is 0 Å². The Hall–Kier alpha value is -1.53. The van der Waals surface area contributed by atoms with Gasteiger partial charge >= 0.3 is 5.97 Å². The maximum Gasteiger partial charge on any atom is 0.337 e. The van der Waals surface area contributed by atoms with Gasteiger partial charge in [0.05, 0.1) is 11.1 Å². The molecule has 0 atom stereocenters. The Balaban J connectivity index is 3.53. The number of nitrogens with zero attached hydrogens (tertiary/aromatic N) is 1. The number of benzene rings is 1. The van der Waals surface area contributed by atoms with E-state index in [0.717, 1.165) is 0 Å². The van der Waals surface area contributed by atoms with Crippen LogP contribution in [0.4, 0.5) is 0 Å². The van der Waals surface area contributed by atoms with E-state index in [1.54, 1.807) is 13.0 Å². The summed E-state index contributed by atoms with van der Waals surface area (Å²) in [5.41, 5.74) is 0.539. The number of carboxylic acid groups (broad SMARTS) is 1. The van der Waals surface area contributed by atoms with Gasteiger partial charge in [0.2, 0.25) is 0 Å². The first-order valence-corrected chi connectivity index (χ1v) is 3.88. The SMILES string of the molecule is Cc1c(Cl)ccc(C#N)c1C(=O)O. The summed E-state index contributed by atoms with van der Waals surface area (Å²) in [6.07, 6.45) is 0. The summed E-state index contributed by atoms with van der Waals surface area (Å²) in [6.45, 7) is 1.58. The molecule has 0 aliphatic heterocycles. The van der Waals surface area contributed by atoms with E-state index in [9.17, 15) is 4.79 Å². The fraction of sp³-hybridized carbons (Fsp3) is 0.111. The highest BCUT2D eigenvalue weighted by atomic mass is 35.5. The third-order valence-electron chi connectivity index (χ3n) is 1.73. The lowest BCUT2D eigenvalue weighted by atomic mass is 10.0. The van der Waals surface area contributed by atoms with Crippen LogP contribution in [0.15, 0.2) is 12.1 Å². The van der Waals surface area contributed by atoms with Crippen LogP contribution in [-0.2, 0) is 0 Å². The summed E-state index contributed by atoms with van der Waals surface area (Å²) >= 11 is 5.71. The van der Waals surface area contributed by atoms with Gasteiger partial charge in [-0.15, -0.1) is 0 Å². The van der Waals surface area contributed by atoms with E-state index in [0.29, 0.717) is 10.6 Å². The molecule has 1 rings (SSSR count). The minimum absolute atomic E-state index is 0.0185. The van der Waals surface area contributed by atoms with Crippen LogP contribution >= 0.6 is 11.6 Å². The van der Waals surface area contributed by atoms with Crippen LogP contribution in [0.25, 0.3) is 0 Å². The second-order valence-corrected chi connectivity index (χ2v) is 2.92. The molecule has 0 bridgehead atoms. The summed E-state index contributed by atoms with van der Waals surface area (Å²) in [6, 6.07) is 4.72. The smallest absolute Gasteiger partial charge is 0.337 e. The molecule has 0 saturated carbocycles. The first-order valence-electron chi connectivity index (χ1n) is 3.50. The van der Waals surface area contributed by atoms with Crippen molar-refractivity contribution in [3.05, 3.63) is 33.8 Å². The molecule has 1 aromatic rings. The fourth-order valence-electron chi connectivity index (χ4n) is 1.06. The molecule has 0 fully saturated rings. The lowest BCUT2D eigenvalue weighted by molar-refractivity contribution is 0.0696. The third kappa shape index (κ3) is 1.63. The standard InChI is InChI=1S/C9H6ClNO2/c1-5-7(10)3-2-6(4-11)8(5)9(12)13/h2-3H,1H3,(H,12,13). The number of carbonyl (C=O) groups is 1. The van der Waals surface area contributed by atoms with Crippen molar-refractivity contribution in [2.45, 2.75) is 6.92 Å². The topological polar surface area (TPSA) is 61.1 Å². The summed E-state index contributed by atoms with van der Waals surface area (Å²) < 4.78 is 0. The molecular formula is C9H6ClNO2. The fourth-order valence-corrected chi connectivity index (χ4v) is 1.21. The van der Waals surface area contributed by atoms with Crippen LogP contribution in [0.5, 0.6) is 0 Å². The van der Waals surface area contributed by atoms with E-state index in [2.05, 4.69) is 0 Å². The van der Waals surface area contributed by atoms with E-state index in [-0.39, 0.29) is 11.1 Å². The molecule has 13 heavy (non-hydrogen) atoms. The molecule has 1 aromatic carbocycles. The summed E-state index contributed by atoms with van der Waals surface area (Å²) in [5.74, 6) is -1.13. The molecule has 0 heterocycles. The van der Waals surface area contributed by atoms with Crippen molar-refractivity contribution in [1.82, 2.24) is 0 Å². The first-order chi connectivity index (χ1) is 6.07. The van der Waals surface area contributed by atoms with Crippen LogP contribution in [0.3, 0.4) is 0 Å². The molecule has 66 valence electrons. The second kappa shape index (κ2) is 3.46. The van der Waals surface area contributed by atoms with Gasteiger partial charge in [-0.25, -0.2) is 4.79 Å². The van der Waals surface area contributed by atoms with E-state index in [1.165, 1.54) is 12.1 Å². The maximum absolute atomic E-state index is 10.7. The van der Waals surface area contributed by atoms with Crippen LogP contribution < -0.4 is 0 Å². The van der Waals surface area contributed by atoms with E-state index in [1.807, 2.05) is 0 Å². The van der Waals surface area contributed by atoms with E-state index >= 15 is 0 Å². The minimum Gasteiger partial charge on any atom is -0.478 e. The Labute approximate surface area is 80.2 Å². The monoisotopic (exact) mass is 195 g/mol. The number of rotatable bonds is 1. The molecule has 0 amide bonds. The second-order valence-electron chi connectivity index (χ2n) is 2.51. The predicted molar refractivity (Wildman–Crippen MR) is 47.9 cm³/mol. The average Bonchev–Trinajstić information content (AvgIpc) is 2.08. The van der Waals surface area contributed by atoms with Gasteiger partial charge in [0.1, 0.15) is 6.07 Å². The molecular weight excluding hydrogens is 190 g/mol. The summed E-state index contributed by atoms with van der Waals surface area (Å²) in [5, 5.41) is 17.8. The largest absolute Gasteiger partial charge is 0.478 e. The molecule has 0 aliphatic rings. The highest BCUT2D eigenvalue weighted by molar-refractivity contribution is 6.31. The van der Waals surface area contributed by atoms with Crippen LogP contribution in [0.2, 0.25) is 5.02 Å². The van der Waals surface area contributed by atoms with Gasteiger partial charge in [-0.2, -0.15) is 5.26 Å². The normalized spacial score (nSPS) is 9.31. The Kier molecular flexibility index (Phi) is 2.54. The number of hydrogen-bond donors (Lipinski definition) is 1. The Bertz CT molecular complexity index is 407. The van der Waals surface area contributed by atoms with Gasteiger partial charge in [-0.3, -0.25) is 0 Å². The van der Waals surface area contributed by atoms with E-state index < -0.39 is 5.97 Å². The zero-order valence-electron chi connectivity index (χ0n) is 6.84. The lowest BCUT2D eigenvalue weighted by Crippen LogP contribution is -2.03. The maximum atomic E-state index is 10.7. The van der Waals surface area contributed by atoms with Crippen molar-refractivity contribution in [2.75, 3.05) is 0 Å². The minimum atomic E-state index is -1.13. The van der Waals surface area contributed by atoms with Crippen molar-refractivity contribution < 1.29 is 9.90 Å². The van der Waals surface area contributed by atoms with Gasteiger partial charge in [0, 0.05) is 5.02 Å². The van der Waals surface area contributed by atoms with Crippen molar-refractivity contribution in [1.29, 1.82) is 5.26 Å². The molecule has 4 heteroatoms. The molecule has 0 aliphatic carbocycles. The summed E-state index contributed by atoms with van der Waals surface area (Å²) in [4.78, 5) is 10.7. The number of halogens is 1. The Morgan fingerprint density at radius 3 is 2.69 bits per heavy atom. The highest BCUT2D eigenvalue weighted by Crippen LogP contribution is 2.22. The zero-order chi connectivity index (χ0) is 10.0. The van der Waals surface area contributed by atoms with Crippen molar-refractivity contribution in [3.63, 3.8) is 0 Å².